The molecule has 0 spiro atoms. The highest BCUT2D eigenvalue weighted by Gasteiger charge is 2.20. The number of methoxy groups -OCH3 is 1. The Labute approximate surface area is 199 Å². The first-order chi connectivity index (χ1) is 14.0. The van der Waals surface area contributed by atoms with Gasteiger partial charge in [0, 0.05) is 13.7 Å². The second-order valence-electron chi connectivity index (χ2n) is 6.45. The van der Waals surface area contributed by atoms with E-state index in [0.29, 0.717) is 36.3 Å². The third kappa shape index (κ3) is 7.51. The van der Waals surface area contributed by atoms with Gasteiger partial charge in [0.15, 0.2) is 5.96 Å². The van der Waals surface area contributed by atoms with Gasteiger partial charge in [-0.1, -0.05) is 24.3 Å². The quantitative estimate of drug-likeness (QED) is 0.212. The van der Waals surface area contributed by atoms with Crippen LogP contribution >= 0.6 is 35.3 Å². The highest BCUT2D eigenvalue weighted by molar-refractivity contribution is 14.0. The number of halogens is 1. The van der Waals surface area contributed by atoms with Crippen molar-refractivity contribution in [1.29, 1.82) is 0 Å². The SMILES string of the molecule is CCNC(=NCc1ccccc1COC)NC(C)c1nc(C)c(C(=O)OCC)s1.I. The van der Waals surface area contributed by atoms with Gasteiger partial charge in [-0.05, 0) is 38.8 Å². The number of aryl methyl sites for hydroxylation is 1. The molecular weight excluding hydrogens is 515 g/mol. The number of rotatable bonds is 9. The van der Waals surface area contributed by atoms with E-state index >= 15 is 0 Å². The van der Waals surface area contributed by atoms with Gasteiger partial charge in [0.25, 0.3) is 0 Å². The van der Waals surface area contributed by atoms with Crippen molar-refractivity contribution in [1.82, 2.24) is 15.6 Å². The predicted molar refractivity (Wildman–Crippen MR) is 132 cm³/mol. The van der Waals surface area contributed by atoms with Gasteiger partial charge in [0.1, 0.15) is 9.88 Å². The molecule has 2 rings (SSSR count). The molecule has 0 radical (unpaired) electrons. The summed E-state index contributed by atoms with van der Waals surface area (Å²) >= 11 is 1.35. The monoisotopic (exact) mass is 546 g/mol. The number of carbonyl (C=O) groups excluding carboxylic acids is 1. The molecule has 0 fully saturated rings. The molecule has 2 aromatic rings. The van der Waals surface area contributed by atoms with E-state index in [4.69, 9.17) is 14.5 Å². The number of aromatic nitrogens is 1. The smallest absolute Gasteiger partial charge is 0.350 e. The number of carbonyl (C=O) groups is 1. The standard InChI is InChI=1S/C21H30N4O3S.HI/c1-6-22-21(23-12-16-10-8-9-11-17(16)13-27-5)25-15(4)19-24-14(3)18(29-19)20(26)28-7-2;/h8-11,15H,6-7,12-13H2,1-5H3,(H2,22,23,25);1H. The Morgan fingerprint density at radius 1 is 1.27 bits per heavy atom. The molecule has 0 saturated heterocycles. The number of guanidine groups is 1. The van der Waals surface area contributed by atoms with E-state index in [-0.39, 0.29) is 36.0 Å². The average molecular weight is 546 g/mol. The van der Waals surface area contributed by atoms with E-state index in [2.05, 4.69) is 21.7 Å². The normalized spacial score (nSPS) is 12.1. The third-order valence-corrected chi connectivity index (χ3v) is 5.49. The summed E-state index contributed by atoms with van der Waals surface area (Å²) in [4.78, 5) is 21.8. The first-order valence-electron chi connectivity index (χ1n) is 9.75. The minimum atomic E-state index is -0.323. The van der Waals surface area contributed by atoms with Crippen molar-refractivity contribution < 1.29 is 14.3 Å². The summed E-state index contributed by atoms with van der Waals surface area (Å²) in [6.07, 6.45) is 0. The number of esters is 1. The third-order valence-electron chi connectivity index (χ3n) is 4.17. The lowest BCUT2D eigenvalue weighted by Gasteiger charge is -2.16. The van der Waals surface area contributed by atoms with Gasteiger partial charge in [-0.15, -0.1) is 35.3 Å². The van der Waals surface area contributed by atoms with Crippen LogP contribution in [-0.4, -0.2) is 37.2 Å². The molecule has 9 heteroatoms. The number of aliphatic imine (C=N–C) groups is 1. The van der Waals surface area contributed by atoms with Crippen LogP contribution in [-0.2, 0) is 22.6 Å². The van der Waals surface area contributed by atoms with Crippen molar-refractivity contribution in [3.8, 4) is 0 Å². The first kappa shape index (κ1) is 26.3. The summed E-state index contributed by atoms with van der Waals surface area (Å²) in [5.74, 6) is 0.369. The molecule has 0 aliphatic rings. The molecule has 0 amide bonds. The van der Waals surface area contributed by atoms with Crippen molar-refractivity contribution in [2.75, 3.05) is 20.3 Å². The van der Waals surface area contributed by atoms with E-state index in [1.54, 1.807) is 14.0 Å². The topological polar surface area (TPSA) is 84.8 Å². The number of ether oxygens (including phenoxy) is 2. The molecule has 166 valence electrons. The number of thiazole rings is 1. The number of hydrogen-bond donors (Lipinski definition) is 2. The molecule has 0 bridgehead atoms. The fraction of sp³-hybridized carbons (Fsp3) is 0.476. The van der Waals surface area contributed by atoms with E-state index in [1.165, 1.54) is 11.3 Å². The summed E-state index contributed by atoms with van der Waals surface area (Å²) in [6, 6.07) is 8.00. The van der Waals surface area contributed by atoms with Crippen molar-refractivity contribution in [3.63, 3.8) is 0 Å². The Bertz CT molecular complexity index is 841. The largest absolute Gasteiger partial charge is 0.462 e. The molecule has 1 heterocycles. The number of nitrogens with zero attached hydrogens (tertiary/aromatic N) is 2. The fourth-order valence-corrected chi connectivity index (χ4v) is 3.71. The predicted octanol–water partition coefficient (Wildman–Crippen LogP) is 4.21. The van der Waals surface area contributed by atoms with Crippen LogP contribution < -0.4 is 10.6 Å². The van der Waals surface area contributed by atoms with Gasteiger partial charge in [-0.3, -0.25) is 0 Å². The van der Waals surface area contributed by atoms with Gasteiger partial charge in [-0.2, -0.15) is 0 Å². The van der Waals surface area contributed by atoms with Crippen LogP contribution in [0.2, 0.25) is 0 Å². The lowest BCUT2D eigenvalue weighted by Crippen LogP contribution is -2.38. The highest BCUT2D eigenvalue weighted by Crippen LogP contribution is 2.24. The second-order valence-corrected chi connectivity index (χ2v) is 7.48. The van der Waals surface area contributed by atoms with Crippen LogP contribution in [0.15, 0.2) is 29.3 Å². The lowest BCUT2D eigenvalue weighted by molar-refractivity contribution is 0.0531. The molecule has 30 heavy (non-hydrogen) atoms. The van der Waals surface area contributed by atoms with Gasteiger partial charge in [-0.25, -0.2) is 14.8 Å². The number of hydrogen-bond acceptors (Lipinski definition) is 6. The van der Waals surface area contributed by atoms with Crippen LogP contribution in [0.25, 0.3) is 0 Å². The summed E-state index contributed by atoms with van der Waals surface area (Å²) in [7, 11) is 1.69. The van der Waals surface area contributed by atoms with E-state index in [0.717, 1.165) is 22.7 Å². The molecule has 2 N–H and O–H groups in total. The van der Waals surface area contributed by atoms with Crippen LogP contribution in [0.3, 0.4) is 0 Å². The molecule has 1 atom stereocenters. The molecule has 7 nitrogen and oxygen atoms in total. The minimum Gasteiger partial charge on any atom is -0.462 e. The molecule has 0 aliphatic heterocycles. The fourth-order valence-electron chi connectivity index (χ4n) is 2.75. The van der Waals surface area contributed by atoms with E-state index in [9.17, 15) is 4.79 Å². The summed E-state index contributed by atoms with van der Waals surface area (Å²) in [5, 5.41) is 7.45. The summed E-state index contributed by atoms with van der Waals surface area (Å²) in [5.41, 5.74) is 2.93. The van der Waals surface area contributed by atoms with Gasteiger partial charge >= 0.3 is 5.97 Å². The zero-order valence-corrected chi connectivity index (χ0v) is 21.3. The lowest BCUT2D eigenvalue weighted by atomic mass is 10.1. The molecule has 0 aliphatic carbocycles. The molecule has 1 unspecified atom stereocenters. The average Bonchev–Trinajstić information content (AvgIpc) is 3.09. The molecule has 1 aromatic heterocycles. The zero-order chi connectivity index (χ0) is 21.2. The Kier molecular flexibility index (Phi) is 11.9. The Balaban J connectivity index is 0.00000450. The minimum absolute atomic E-state index is 0. The summed E-state index contributed by atoms with van der Waals surface area (Å²) < 4.78 is 10.4. The molecule has 1 aromatic carbocycles. The Morgan fingerprint density at radius 2 is 1.97 bits per heavy atom. The van der Waals surface area contributed by atoms with Crippen molar-refractivity contribution >= 4 is 47.2 Å². The zero-order valence-electron chi connectivity index (χ0n) is 18.2. The van der Waals surface area contributed by atoms with Gasteiger partial charge in [0.2, 0.25) is 0 Å². The van der Waals surface area contributed by atoms with E-state index < -0.39 is 0 Å². The van der Waals surface area contributed by atoms with Crippen molar-refractivity contribution in [2.24, 2.45) is 4.99 Å². The van der Waals surface area contributed by atoms with Crippen LogP contribution in [0.5, 0.6) is 0 Å². The first-order valence-corrected chi connectivity index (χ1v) is 10.6. The maximum atomic E-state index is 12.1. The van der Waals surface area contributed by atoms with Gasteiger partial charge in [0.05, 0.1) is 31.5 Å². The number of nitrogens with one attached hydrogen (secondary N) is 2. The van der Waals surface area contributed by atoms with Crippen LogP contribution in [0.4, 0.5) is 0 Å². The van der Waals surface area contributed by atoms with Crippen molar-refractivity contribution in [3.05, 3.63) is 51.0 Å². The molecule has 0 saturated carbocycles. The number of benzene rings is 1. The van der Waals surface area contributed by atoms with Gasteiger partial charge < -0.3 is 20.1 Å². The maximum absolute atomic E-state index is 12.1. The highest BCUT2D eigenvalue weighted by atomic mass is 127. The summed E-state index contributed by atoms with van der Waals surface area (Å²) in [6.45, 7) is 9.82. The van der Waals surface area contributed by atoms with Crippen LogP contribution in [0, 0.1) is 6.92 Å². The van der Waals surface area contributed by atoms with Crippen LogP contribution in [0.1, 0.15) is 58.3 Å². The second kappa shape index (κ2) is 13.6. The maximum Gasteiger partial charge on any atom is 0.350 e. The van der Waals surface area contributed by atoms with Crippen molar-refractivity contribution in [2.45, 2.75) is 46.9 Å². The Hall–Kier alpha value is -1.72. The van der Waals surface area contributed by atoms with E-state index in [1.807, 2.05) is 39.0 Å². The Morgan fingerprint density at radius 3 is 2.60 bits per heavy atom. The molecular formula is C21H31IN4O3S.